The van der Waals surface area contributed by atoms with Crippen molar-refractivity contribution in [2.45, 2.75) is 30.9 Å². The molecule has 92 valence electrons. The monoisotopic (exact) mass is 237 g/mol. The maximum absolute atomic E-state index is 13.2. The first-order valence-electron chi connectivity index (χ1n) is 6.00. The lowest BCUT2D eigenvalue weighted by Gasteiger charge is -2.43. The summed E-state index contributed by atoms with van der Waals surface area (Å²) in [6, 6.07) is 4.52. The van der Waals surface area contributed by atoms with Gasteiger partial charge in [-0.15, -0.1) is 0 Å². The van der Waals surface area contributed by atoms with Crippen molar-refractivity contribution >= 4 is 0 Å². The molecule has 0 saturated carbocycles. The smallest absolute Gasteiger partial charge is 0.127 e. The van der Waals surface area contributed by atoms with Crippen molar-refractivity contribution in [1.29, 1.82) is 0 Å². The molecule has 0 unspecified atom stereocenters. The number of benzene rings is 1. The summed E-state index contributed by atoms with van der Waals surface area (Å²) in [5, 5.41) is 0. The number of hydrogen-bond acceptors (Lipinski definition) is 3. The Morgan fingerprint density at radius 3 is 2.82 bits per heavy atom. The van der Waals surface area contributed by atoms with Crippen LogP contribution in [-0.4, -0.2) is 18.8 Å². The largest absolute Gasteiger partial charge is 0.487 e. The zero-order chi connectivity index (χ0) is 11.9. The fourth-order valence-electron chi connectivity index (χ4n) is 2.74. The summed E-state index contributed by atoms with van der Waals surface area (Å²) in [6.07, 6.45) is 2.45. The topological polar surface area (TPSA) is 44.5 Å². The lowest BCUT2D eigenvalue weighted by molar-refractivity contribution is -0.0622. The standard InChI is InChI=1S/C13H16FNO2/c14-9-1-2-10-11(15)8-13(17-12(10)7-9)3-5-16-6-4-13/h1-2,7,11H,3-6,8,15H2/t11-/m1/s1. The summed E-state index contributed by atoms with van der Waals surface area (Å²) in [5.74, 6) is 0.325. The molecule has 1 fully saturated rings. The highest BCUT2D eigenvalue weighted by Crippen LogP contribution is 2.43. The third-order valence-corrected chi connectivity index (χ3v) is 3.70. The van der Waals surface area contributed by atoms with Crippen LogP contribution in [-0.2, 0) is 4.74 Å². The van der Waals surface area contributed by atoms with Gasteiger partial charge in [0.2, 0.25) is 0 Å². The molecule has 1 spiro atoms. The lowest BCUT2D eigenvalue weighted by atomic mass is 9.82. The molecule has 1 atom stereocenters. The molecule has 17 heavy (non-hydrogen) atoms. The molecule has 0 radical (unpaired) electrons. The molecular weight excluding hydrogens is 221 g/mol. The van der Waals surface area contributed by atoms with Gasteiger partial charge < -0.3 is 15.2 Å². The van der Waals surface area contributed by atoms with Gasteiger partial charge in [0.25, 0.3) is 0 Å². The number of halogens is 1. The predicted molar refractivity (Wildman–Crippen MR) is 61.4 cm³/mol. The zero-order valence-electron chi connectivity index (χ0n) is 9.62. The molecule has 1 aromatic rings. The highest BCUT2D eigenvalue weighted by molar-refractivity contribution is 5.39. The van der Waals surface area contributed by atoms with E-state index >= 15 is 0 Å². The van der Waals surface area contributed by atoms with Gasteiger partial charge in [-0.2, -0.15) is 0 Å². The van der Waals surface area contributed by atoms with Crippen molar-refractivity contribution in [3.63, 3.8) is 0 Å². The Bertz CT molecular complexity index is 429. The summed E-state index contributed by atoms with van der Waals surface area (Å²) in [7, 11) is 0. The summed E-state index contributed by atoms with van der Waals surface area (Å²) >= 11 is 0. The van der Waals surface area contributed by atoms with E-state index in [1.165, 1.54) is 12.1 Å². The Kier molecular flexibility index (Phi) is 2.56. The fraction of sp³-hybridized carbons (Fsp3) is 0.538. The third-order valence-electron chi connectivity index (χ3n) is 3.70. The molecule has 0 aromatic heterocycles. The highest BCUT2D eigenvalue weighted by atomic mass is 19.1. The van der Waals surface area contributed by atoms with E-state index in [-0.39, 0.29) is 17.5 Å². The van der Waals surface area contributed by atoms with Crippen LogP contribution in [0.4, 0.5) is 4.39 Å². The maximum Gasteiger partial charge on any atom is 0.127 e. The molecule has 2 heterocycles. The van der Waals surface area contributed by atoms with Crippen LogP contribution in [0.3, 0.4) is 0 Å². The Morgan fingerprint density at radius 2 is 2.06 bits per heavy atom. The van der Waals surface area contributed by atoms with Crippen molar-refractivity contribution in [2.24, 2.45) is 5.73 Å². The molecule has 3 nitrogen and oxygen atoms in total. The molecule has 4 heteroatoms. The first kappa shape index (κ1) is 11.0. The van der Waals surface area contributed by atoms with E-state index in [2.05, 4.69) is 0 Å². The summed E-state index contributed by atoms with van der Waals surface area (Å²) in [6.45, 7) is 1.38. The minimum Gasteiger partial charge on any atom is -0.487 e. The number of nitrogens with two attached hydrogens (primary N) is 1. The first-order valence-corrected chi connectivity index (χ1v) is 6.00. The van der Waals surface area contributed by atoms with Crippen LogP contribution < -0.4 is 10.5 Å². The van der Waals surface area contributed by atoms with Crippen LogP contribution in [0.2, 0.25) is 0 Å². The Labute approximate surface area is 99.7 Å². The molecule has 0 amide bonds. The van der Waals surface area contributed by atoms with Crippen molar-refractivity contribution in [1.82, 2.24) is 0 Å². The van der Waals surface area contributed by atoms with E-state index in [1.54, 1.807) is 6.07 Å². The molecule has 2 aliphatic heterocycles. The number of fused-ring (bicyclic) bond motifs is 1. The molecule has 1 aromatic carbocycles. The van der Waals surface area contributed by atoms with E-state index < -0.39 is 0 Å². The average molecular weight is 237 g/mol. The third kappa shape index (κ3) is 1.91. The van der Waals surface area contributed by atoms with Gasteiger partial charge in [0.1, 0.15) is 17.2 Å². The minimum atomic E-state index is -0.278. The SMILES string of the molecule is N[C@@H]1CC2(CCOCC2)Oc2cc(F)ccc21. The van der Waals surface area contributed by atoms with Gasteiger partial charge in [0, 0.05) is 36.9 Å². The van der Waals surface area contributed by atoms with Gasteiger partial charge in [-0.05, 0) is 6.07 Å². The quantitative estimate of drug-likeness (QED) is 0.752. The van der Waals surface area contributed by atoms with E-state index in [4.69, 9.17) is 15.2 Å². The van der Waals surface area contributed by atoms with E-state index in [0.29, 0.717) is 19.0 Å². The molecule has 0 bridgehead atoms. The lowest BCUT2D eigenvalue weighted by Crippen LogP contribution is -2.47. The molecule has 2 aliphatic rings. The van der Waals surface area contributed by atoms with Gasteiger partial charge in [0.15, 0.2) is 0 Å². The molecule has 2 N–H and O–H groups in total. The van der Waals surface area contributed by atoms with Gasteiger partial charge in [-0.25, -0.2) is 4.39 Å². The summed E-state index contributed by atoms with van der Waals surface area (Å²) in [4.78, 5) is 0. The first-order chi connectivity index (χ1) is 8.19. The summed E-state index contributed by atoms with van der Waals surface area (Å²) < 4.78 is 24.6. The normalized spacial score (nSPS) is 26.4. The van der Waals surface area contributed by atoms with Crippen LogP contribution in [0.15, 0.2) is 18.2 Å². The zero-order valence-corrected chi connectivity index (χ0v) is 9.62. The number of rotatable bonds is 0. The van der Waals surface area contributed by atoms with Crippen molar-refractivity contribution in [3.8, 4) is 5.75 Å². The van der Waals surface area contributed by atoms with Crippen molar-refractivity contribution < 1.29 is 13.9 Å². The second-order valence-corrected chi connectivity index (χ2v) is 4.89. The van der Waals surface area contributed by atoms with Crippen LogP contribution >= 0.6 is 0 Å². The Hall–Kier alpha value is -1.13. The van der Waals surface area contributed by atoms with Gasteiger partial charge in [-0.3, -0.25) is 0 Å². The van der Waals surface area contributed by atoms with Crippen LogP contribution in [0.5, 0.6) is 5.75 Å². The van der Waals surface area contributed by atoms with Gasteiger partial charge >= 0.3 is 0 Å². The van der Waals surface area contributed by atoms with Crippen LogP contribution in [0, 0.1) is 5.82 Å². The second-order valence-electron chi connectivity index (χ2n) is 4.89. The molecule has 1 saturated heterocycles. The molecule has 0 aliphatic carbocycles. The highest BCUT2D eigenvalue weighted by Gasteiger charge is 2.41. The Morgan fingerprint density at radius 1 is 1.29 bits per heavy atom. The van der Waals surface area contributed by atoms with Crippen LogP contribution in [0.1, 0.15) is 30.9 Å². The molecule has 3 rings (SSSR count). The maximum atomic E-state index is 13.2. The molecular formula is C13H16FNO2. The van der Waals surface area contributed by atoms with E-state index in [1.807, 2.05) is 0 Å². The number of hydrogen-bond donors (Lipinski definition) is 1. The van der Waals surface area contributed by atoms with E-state index in [9.17, 15) is 4.39 Å². The van der Waals surface area contributed by atoms with Crippen LogP contribution in [0.25, 0.3) is 0 Å². The number of ether oxygens (including phenoxy) is 2. The van der Waals surface area contributed by atoms with Gasteiger partial charge in [0.05, 0.1) is 13.2 Å². The van der Waals surface area contributed by atoms with Gasteiger partial charge in [-0.1, -0.05) is 6.07 Å². The van der Waals surface area contributed by atoms with Crippen molar-refractivity contribution in [2.75, 3.05) is 13.2 Å². The Balaban J connectivity index is 1.95. The fourth-order valence-corrected chi connectivity index (χ4v) is 2.74. The second kappa shape index (κ2) is 3.96. The predicted octanol–water partition coefficient (Wildman–Crippen LogP) is 2.16. The summed E-state index contributed by atoms with van der Waals surface area (Å²) in [5.41, 5.74) is 6.81. The average Bonchev–Trinajstić information content (AvgIpc) is 2.29. The van der Waals surface area contributed by atoms with Crippen molar-refractivity contribution in [3.05, 3.63) is 29.6 Å². The van der Waals surface area contributed by atoms with E-state index in [0.717, 1.165) is 24.8 Å². The minimum absolute atomic E-state index is 0.0718.